The molecule has 1 aliphatic rings. The van der Waals surface area contributed by atoms with Gasteiger partial charge in [0.15, 0.2) is 17.4 Å². The van der Waals surface area contributed by atoms with Crippen LogP contribution in [-0.4, -0.2) is 72.3 Å². The number of aromatic nitrogens is 4. The number of nitrogens with one attached hydrogen (secondary N) is 2. The van der Waals surface area contributed by atoms with Gasteiger partial charge in [-0.3, -0.25) is 19.5 Å². The van der Waals surface area contributed by atoms with Crippen molar-refractivity contribution in [1.82, 2.24) is 19.9 Å². The number of rotatable bonds is 16. The zero-order valence-electron chi connectivity index (χ0n) is 21.9. The van der Waals surface area contributed by atoms with Gasteiger partial charge in [-0.15, -0.1) is 0 Å². The number of imidazole rings is 1. The fourth-order valence-corrected chi connectivity index (χ4v) is 4.76. The first-order chi connectivity index (χ1) is 17.9. The summed E-state index contributed by atoms with van der Waals surface area (Å²) in [4.78, 5) is 40.3. The lowest BCUT2D eigenvalue weighted by atomic mass is 10.0. The van der Waals surface area contributed by atoms with Crippen LogP contribution in [0.3, 0.4) is 0 Å². The molecule has 2 aromatic rings. The summed E-state index contributed by atoms with van der Waals surface area (Å²) in [5.74, 6) is -0.536. The molecule has 0 saturated carbocycles. The second-order valence-corrected chi connectivity index (χ2v) is 10.0. The third-order valence-corrected chi connectivity index (χ3v) is 7.00. The zero-order valence-corrected chi connectivity index (χ0v) is 21.9. The third-order valence-electron chi connectivity index (χ3n) is 7.00. The maximum atomic E-state index is 13.3. The van der Waals surface area contributed by atoms with Crippen molar-refractivity contribution in [3.05, 3.63) is 16.7 Å². The van der Waals surface area contributed by atoms with Gasteiger partial charge in [0.25, 0.3) is 5.56 Å². The molecule has 1 amide bonds. The number of ether oxygens (including phenoxy) is 1. The molecular weight excluding hydrogens is 478 g/mol. The van der Waals surface area contributed by atoms with E-state index < -0.39 is 36.0 Å². The molecule has 0 bridgehead atoms. The van der Waals surface area contributed by atoms with Gasteiger partial charge in [0, 0.05) is 6.42 Å². The van der Waals surface area contributed by atoms with Gasteiger partial charge in [0.1, 0.15) is 18.3 Å². The largest absolute Gasteiger partial charge is 0.388 e. The molecule has 11 heteroatoms. The van der Waals surface area contributed by atoms with Crippen LogP contribution in [0.15, 0.2) is 11.1 Å². The highest BCUT2D eigenvalue weighted by atomic mass is 16.5. The minimum atomic E-state index is -1.58. The number of carbonyl (C=O) groups excluding carboxylic acids is 1. The molecule has 4 atom stereocenters. The van der Waals surface area contributed by atoms with Crippen LogP contribution < -0.4 is 10.5 Å². The molecule has 0 aromatic carbocycles. The highest BCUT2D eigenvalue weighted by Crippen LogP contribution is 2.24. The van der Waals surface area contributed by atoms with Gasteiger partial charge in [-0.1, -0.05) is 84.0 Å². The number of H-pyrrole nitrogens is 2. The lowest BCUT2D eigenvalue weighted by Crippen LogP contribution is -2.61. The molecule has 2 aromatic heterocycles. The fraction of sp³-hybridized carbons (Fsp3) is 0.769. The van der Waals surface area contributed by atoms with E-state index >= 15 is 0 Å². The highest BCUT2D eigenvalue weighted by Gasteiger charge is 2.43. The van der Waals surface area contributed by atoms with Crippen LogP contribution in [0.5, 0.6) is 0 Å². The topological polar surface area (TPSA) is 165 Å². The number of amides is 1. The molecule has 3 heterocycles. The predicted molar refractivity (Wildman–Crippen MR) is 140 cm³/mol. The van der Waals surface area contributed by atoms with E-state index in [0.29, 0.717) is 6.42 Å². The normalized spacial score (nSPS) is 21.9. The predicted octanol–water partition coefficient (Wildman–Crippen LogP) is 2.90. The summed E-state index contributed by atoms with van der Waals surface area (Å²) in [5, 5.41) is 30.5. The summed E-state index contributed by atoms with van der Waals surface area (Å²) in [6.07, 6.45) is 11.2. The summed E-state index contributed by atoms with van der Waals surface area (Å²) in [7, 11) is 0. The van der Waals surface area contributed by atoms with Gasteiger partial charge in [-0.2, -0.15) is 4.98 Å². The van der Waals surface area contributed by atoms with Crippen molar-refractivity contribution in [2.45, 2.75) is 121 Å². The Morgan fingerprint density at radius 1 is 0.973 bits per heavy atom. The third kappa shape index (κ3) is 8.33. The second kappa shape index (κ2) is 15.2. The smallest absolute Gasteiger partial charge is 0.278 e. The molecule has 11 nitrogen and oxygen atoms in total. The number of carbonyl (C=O) groups is 1. The van der Waals surface area contributed by atoms with E-state index in [-0.39, 0.29) is 30.1 Å². The quantitative estimate of drug-likeness (QED) is 0.210. The monoisotopic (exact) mass is 521 g/mol. The van der Waals surface area contributed by atoms with Crippen LogP contribution >= 0.6 is 0 Å². The van der Waals surface area contributed by atoms with Gasteiger partial charge in [0.05, 0.1) is 12.9 Å². The molecule has 1 fully saturated rings. The Balaban J connectivity index is 1.49. The number of hydrogen-bond acceptors (Lipinski definition) is 8. The Bertz CT molecular complexity index is 1010. The maximum Gasteiger partial charge on any atom is 0.278 e. The van der Waals surface area contributed by atoms with Crippen LogP contribution in [0.25, 0.3) is 11.2 Å². The number of hydrogen-bond donors (Lipinski definition) is 5. The minimum Gasteiger partial charge on any atom is -0.388 e. The number of unbranched alkanes of at least 4 members (excludes halogenated alkanes) is 12. The van der Waals surface area contributed by atoms with Crippen molar-refractivity contribution >= 4 is 23.0 Å². The van der Waals surface area contributed by atoms with E-state index in [1.807, 2.05) is 0 Å². The number of anilines is 1. The average Bonchev–Trinajstić information content (AvgIpc) is 3.36. The summed E-state index contributed by atoms with van der Waals surface area (Å²) in [5.41, 5.74) is -0.251. The lowest BCUT2D eigenvalue weighted by molar-refractivity contribution is -0.188. The first-order valence-corrected chi connectivity index (χ1v) is 13.8. The SMILES string of the molecule is CCCCCCCCCCCCCCCC(=O)N(c1nc2nc[nH]c2c(=O)[nH]1)C1OC[C@@H](O)[C@@H](O)[C@@H]1O. The van der Waals surface area contributed by atoms with Gasteiger partial charge in [-0.05, 0) is 6.42 Å². The van der Waals surface area contributed by atoms with Gasteiger partial charge in [-0.25, -0.2) is 4.98 Å². The van der Waals surface area contributed by atoms with Crippen molar-refractivity contribution in [1.29, 1.82) is 0 Å². The lowest BCUT2D eigenvalue weighted by Gasteiger charge is -2.40. The second-order valence-electron chi connectivity index (χ2n) is 10.0. The molecule has 3 rings (SSSR count). The van der Waals surface area contributed by atoms with E-state index in [1.165, 1.54) is 64.1 Å². The number of aliphatic hydroxyl groups is 3. The first kappa shape index (κ1) is 29.2. The van der Waals surface area contributed by atoms with Crippen molar-refractivity contribution in [2.24, 2.45) is 0 Å². The summed E-state index contributed by atoms with van der Waals surface area (Å²) in [6.45, 7) is 1.96. The van der Waals surface area contributed by atoms with Crippen LogP contribution in [-0.2, 0) is 9.53 Å². The molecule has 37 heavy (non-hydrogen) atoms. The van der Waals surface area contributed by atoms with Gasteiger partial charge < -0.3 is 25.0 Å². The van der Waals surface area contributed by atoms with Crippen molar-refractivity contribution in [2.75, 3.05) is 11.5 Å². The van der Waals surface area contributed by atoms with E-state index in [0.717, 1.165) is 24.2 Å². The van der Waals surface area contributed by atoms with E-state index in [4.69, 9.17) is 4.74 Å². The molecule has 0 spiro atoms. The average molecular weight is 522 g/mol. The molecule has 0 radical (unpaired) electrons. The molecule has 1 unspecified atom stereocenters. The Morgan fingerprint density at radius 2 is 1.57 bits per heavy atom. The maximum absolute atomic E-state index is 13.3. The standard InChI is InChI=1S/C26H43N5O6/c1-2-3-4-5-6-7-8-9-10-11-12-13-14-15-19(33)31(25-22(35)21(34)18(32)16-37-25)26-29-23-20(24(36)30-26)27-17-28-23/h17-18,21-22,25,32,34-35H,2-16H2,1H3,(H2,27,28,29,30,36)/t18-,21-,22+,25?/m1/s1. The highest BCUT2D eigenvalue weighted by molar-refractivity contribution is 5.92. The van der Waals surface area contributed by atoms with Crippen LogP contribution in [0.2, 0.25) is 0 Å². The Labute approximate surface area is 217 Å². The molecular formula is C26H43N5O6. The van der Waals surface area contributed by atoms with Crippen LogP contribution in [0.4, 0.5) is 5.95 Å². The summed E-state index contributed by atoms with van der Waals surface area (Å²) < 4.78 is 5.52. The van der Waals surface area contributed by atoms with Gasteiger partial charge in [0.2, 0.25) is 11.9 Å². The van der Waals surface area contributed by atoms with E-state index in [1.54, 1.807) is 0 Å². The van der Waals surface area contributed by atoms with Crippen molar-refractivity contribution in [3.8, 4) is 0 Å². The molecule has 0 aliphatic carbocycles. The fourth-order valence-electron chi connectivity index (χ4n) is 4.76. The van der Waals surface area contributed by atoms with E-state index in [2.05, 4.69) is 26.9 Å². The first-order valence-electron chi connectivity index (χ1n) is 13.8. The number of fused-ring (bicyclic) bond motifs is 1. The van der Waals surface area contributed by atoms with Crippen LogP contribution in [0, 0.1) is 0 Å². The van der Waals surface area contributed by atoms with E-state index in [9.17, 15) is 24.9 Å². The molecule has 208 valence electrons. The Hall–Kier alpha value is -2.34. The number of aromatic amines is 2. The zero-order chi connectivity index (χ0) is 26.6. The molecule has 1 saturated heterocycles. The summed E-state index contributed by atoms with van der Waals surface area (Å²) >= 11 is 0. The van der Waals surface area contributed by atoms with Gasteiger partial charge >= 0.3 is 0 Å². The van der Waals surface area contributed by atoms with Crippen molar-refractivity contribution in [3.63, 3.8) is 0 Å². The molecule has 1 aliphatic heterocycles. The van der Waals surface area contributed by atoms with Crippen LogP contribution in [0.1, 0.15) is 96.8 Å². The molecule has 5 N–H and O–H groups in total. The number of aliphatic hydroxyl groups excluding tert-OH is 3. The number of nitrogens with zero attached hydrogens (tertiary/aromatic N) is 3. The Kier molecular flexibility index (Phi) is 12.0. The summed E-state index contributed by atoms with van der Waals surface area (Å²) in [6, 6.07) is 0. The Morgan fingerprint density at radius 3 is 2.19 bits per heavy atom. The van der Waals surface area contributed by atoms with Crippen molar-refractivity contribution < 1.29 is 24.9 Å². The minimum absolute atomic E-state index is 0.114.